The zero-order valence-corrected chi connectivity index (χ0v) is 14.8. The zero-order chi connectivity index (χ0) is 15.9. The smallest absolute Gasteiger partial charge is 0.0502 e. The molecule has 0 aliphatic carbocycles. The molecule has 0 rings (SSSR count). The highest BCUT2D eigenvalue weighted by Crippen LogP contribution is 2.15. The molecule has 0 aromatic carbocycles. The topological polar surface area (TPSA) is 35.9 Å². The van der Waals surface area contributed by atoms with Gasteiger partial charge in [-0.15, -0.1) is 0 Å². The molecule has 160 valence electrons. The van der Waals surface area contributed by atoms with Gasteiger partial charge in [-0.2, -0.15) is 0 Å². The van der Waals surface area contributed by atoms with E-state index in [1.165, 1.54) is 6.42 Å². The van der Waals surface area contributed by atoms with Crippen molar-refractivity contribution in [3.63, 3.8) is 0 Å². The minimum Gasteiger partial charge on any atom is -0.397 e. The molecule has 0 radical (unpaired) electrons. The molecule has 0 aliphatic heterocycles. The van der Waals surface area contributed by atoms with Crippen molar-refractivity contribution in [3.8, 4) is 0 Å². The van der Waals surface area contributed by atoms with E-state index in [9.17, 15) is 0 Å². The molecule has 0 spiro atoms. The first kappa shape index (κ1) is 49.6. The van der Waals surface area contributed by atoms with Crippen LogP contribution >= 0.6 is 0 Å². The monoisotopic (exact) mass is 358 g/mol. The Balaban J connectivity index is -0.0000000287. The molecule has 4 nitrogen and oxygen atoms in total. The third kappa shape index (κ3) is 43.1. The molecular weight excluding hydrogens is 300 g/mol. The summed E-state index contributed by atoms with van der Waals surface area (Å²) in [5, 5.41) is 7.57. The van der Waals surface area contributed by atoms with Gasteiger partial charge in [0.15, 0.2) is 0 Å². The second-order valence-electron chi connectivity index (χ2n) is 5.18. The summed E-state index contributed by atoms with van der Waals surface area (Å²) in [5.41, 5.74) is 0.324. The lowest BCUT2D eigenvalue weighted by Gasteiger charge is -2.36. The first-order valence-corrected chi connectivity index (χ1v) is 7.27. The van der Waals surface area contributed by atoms with E-state index >= 15 is 0 Å². The van der Waals surface area contributed by atoms with Crippen molar-refractivity contribution in [3.05, 3.63) is 0 Å². The van der Waals surface area contributed by atoms with Gasteiger partial charge in [-0.1, -0.05) is 44.1 Å². The summed E-state index contributed by atoms with van der Waals surface area (Å²) in [6.45, 7) is 15.4. The first-order chi connectivity index (χ1) is 8.73. The van der Waals surface area contributed by atoms with Crippen molar-refractivity contribution >= 4 is 0 Å². The molecule has 0 saturated carbocycles. The van der Waals surface area contributed by atoms with E-state index in [1.54, 1.807) is 6.92 Å². The molecule has 0 atom stereocenters. The van der Waals surface area contributed by atoms with Crippen molar-refractivity contribution < 1.29 is 9.84 Å². The third-order valence-electron chi connectivity index (χ3n) is 2.80. The average Bonchev–Trinajstić information content (AvgIpc) is 2.31. The van der Waals surface area contributed by atoms with Gasteiger partial charge in [-0.3, -0.25) is 9.80 Å². The number of aliphatic hydroxyl groups excluding tert-OH is 1. The number of hydrogen-bond donors (Lipinski definition) is 1. The summed E-state index contributed by atoms with van der Waals surface area (Å²) in [7, 11) is 6.37. The largest absolute Gasteiger partial charge is 0.397 e. The van der Waals surface area contributed by atoms with Crippen LogP contribution in [-0.4, -0.2) is 68.1 Å². The Hall–Kier alpha value is -0.160. The number of hydrogen-bond acceptors (Lipinski definition) is 4. The average molecular weight is 359 g/mol. The highest BCUT2D eigenvalue weighted by atomic mass is 16.5. The van der Waals surface area contributed by atoms with Gasteiger partial charge in [0.2, 0.25) is 0 Å². The fraction of sp³-hybridized carbons (Fsp3) is 1.00. The van der Waals surface area contributed by atoms with Crippen LogP contribution in [0.3, 0.4) is 0 Å². The summed E-state index contributed by atoms with van der Waals surface area (Å²) < 4.78 is 4.83. The van der Waals surface area contributed by atoms with Crippen molar-refractivity contribution in [1.29, 1.82) is 0 Å². The fourth-order valence-corrected chi connectivity index (χ4v) is 1.09. The van der Waals surface area contributed by atoms with Crippen LogP contribution in [0.4, 0.5) is 0 Å². The van der Waals surface area contributed by atoms with Gasteiger partial charge in [0, 0.05) is 25.4 Å². The normalized spacial score (nSPS) is 8.50. The minimum absolute atomic E-state index is 0. The SMILES string of the molecule is C.C.C.C.C.CCC(C)(C)N(C)CN(C)C.CCO.CCOCC. The number of rotatable bonds is 6. The van der Waals surface area contributed by atoms with Crippen LogP contribution in [0.25, 0.3) is 0 Å². The quantitative estimate of drug-likeness (QED) is 0.604. The minimum atomic E-state index is 0. The maximum atomic E-state index is 7.57. The summed E-state index contributed by atoms with van der Waals surface area (Å²) in [6, 6.07) is 0. The van der Waals surface area contributed by atoms with Crippen molar-refractivity contribution in [2.24, 2.45) is 0 Å². The Kier molecular flexibility index (Phi) is 70.7. The lowest BCUT2D eigenvalue weighted by Crippen LogP contribution is -2.45. The van der Waals surface area contributed by atoms with Crippen LogP contribution in [0.5, 0.6) is 0 Å². The summed E-state index contributed by atoms with van der Waals surface area (Å²) in [5.74, 6) is 0. The second-order valence-corrected chi connectivity index (χ2v) is 5.18. The molecule has 0 aromatic heterocycles. The van der Waals surface area contributed by atoms with E-state index in [0.717, 1.165) is 19.9 Å². The van der Waals surface area contributed by atoms with Gasteiger partial charge in [-0.25, -0.2) is 0 Å². The van der Waals surface area contributed by atoms with E-state index in [0.29, 0.717) is 5.54 Å². The Morgan fingerprint density at radius 1 is 0.792 bits per heavy atom. The van der Waals surface area contributed by atoms with E-state index in [2.05, 4.69) is 51.7 Å². The molecule has 0 bridgehead atoms. The maximum absolute atomic E-state index is 7.57. The van der Waals surface area contributed by atoms with E-state index in [4.69, 9.17) is 9.84 Å². The van der Waals surface area contributed by atoms with Gasteiger partial charge >= 0.3 is 0 Å². The van der Waals surface area contributed by atoms with Crippen LogP contribution in [0.1, 0.15) is 85.1 Å². The predicted molar refractivity (Wildman–Crippen MR) is 119 cm³/mol. The van der Waals surface area contributed by atoms with E-state index < -0.39 is 0 Å². The van der Waals surface area contributed by atoms with Crippen molar-refractivity contribution in [2.75, 3.05) is 47.6 Å². The Bertz CT molecular complexity index is 162. The zero-order valence-electron chi connectivity index (χ0n) is 14.8. The molecular formula is C20H58N2O2. The van der Waals surface area contributed by atoms with E-state index in [-0.39, 0.29) is 43.7 Å². The molecule has 0 fully saturated rings. The number of aliphatic hydroxyl groups is 1. The number of nitrogens with zero attached hydrogens (tertiary/aromatic N) is 2. The lowest BCUT2D eigenvalue weighted by molar-refractivity contribution is 0.0943. The standard InChI is InChI=1S/C9H22N2.C4H10O.C2H6O.5CH4/c1-7-9(2,3)11(6)8-10(4)5;1-3-5-4-2;1-2-3;;;;;/h7-8H2,1-6H3;3-4H2,1-2H3;3H,2H2,1H3;5*1H4. The Morgan fingerprint density at radius 3 is 1.21 bits per heavy atom. The maximum Gasteiger partial charge on any atom is 0.0502 e. The fourth-order valence-electron chi connectivity index (χ4n) is 1.09. The van der Waals surface area contributed by atoms with Gasteiger partial charge in [0.05, 0.1) is 6.67 Å². The van der Waals surface area contributed by atoms with Gasteiger partial charge < -0.3 is 9.84 Å². The molecule has 0 heterocycles. The summed E-state index contributed by atoms with van der Waals surface area (Å²) >= 11 is 0. The van der Waals surface area contributed by atoms with Gasteiger partial charge in [0.25, 0.3) is 0 Å². The Morgan fingerprint density at radius 2 is 1.08 bits per heavy atom. The molecule has 4 heteroatoms. The lowest BCUT2D eigenvalue weighted by atomic mass is 10.0. The molecule has 0 aromatic rings. The van der Waals surface area contributed by atoms with Crippen molar-refractivity contribution in [2.45, 2.75) is 90.6 Å². The van der Waals surface area contributed by atoms with Crippen LogP contribution in [0, 0.1) is 0 Å². The van der Waals surface area contributed by atoms with Crippen LogP contribution in [0.15, 0.2) is 0 Å². The highest BCUT2D eigenvalue weighted by molar-refractivity contribution is 4.76. The number of ether oxygens (including phenoxy) is 1. The molecule has 0 saturated heterocycles. The first-order valence-electron chi connectivity index (χ1n) is 7.27. The molecule has 0 amide bonds. The van der Waals surface area contributed by atoms with Crippen molar-refractivity contribution in [1.82, 2.24) is 9.80 Å². The molecule has 0 unspecified atom stereocenters. The molecule has 1 N–H and O–H groups in total. The van der Waals surface area contributed by atoms with Gasteiger partial charge in [-0.05, 0) is 62.2 Å². The van der Waals surface area contributed by atoms with Crippen LogP contribution < -0.4 is 0 Å². The highest BCUT2D eigenvalue weighted by Gasteiger charge is 2.20. The second kappa shape index (κ2) is 34.2. The predicted octanol–water partition coefficient (Wildman–Crippen LogP) is 5.85. The van der Waals surface area contributed by atoms with Gasteiger partial charge in [0.1, 0.15) is 0 Å². The molecule has 0 aliphatic rings. The summed E-state index contributed by atoms with van der Waals surface area (Å²) in [4.78, 5) is 4.56. The van der Waals surface area contributed by atoms with Crippen LogP contribution in [-0.2, 0) is 4.74 Å². The van der Waals surface area contributed by atoms with Crippen LogP contribution in [0.2, 0.25) is 0 Å². The molecule has 24 heavy (non-hydrogen) atoms. The third-order valence-corrected chi connectivity index (χ3v) is 2.80. The Labute approximate surface area is 158 Å². The summed E-state index contributed by atoms with van der Waals surface area (Å²) in [6.07, 6.45) is 1.19. The van der Waals surface area contributed by atoms with E-state index in [1.807, 2.05) is 13.8 Å².